The number of carbonyl (C=O) groups excluding carboxylic acids is 1. The van der Waals surface area contributed by atoms with Gasteiger partial charge in [-0.25, -0.2) is 0 Å². The summed E-state index contributed by atoms with van der Waals surface area (Å²) < 4.78 is 65.3. The molecule has 2 aromatic carbocycles. The third-order valence-electron chi connectivity index (χ3n) is 6.36. The molecule has 2 heterocycles. The number of azo groups is 1. The minimum atomic E-state index is -4.57. The predicted octanol–water partition coefficient (Wildman–Crippen LogP) is 3.82. The molecule has 48 heavy (non-hydrogen) atoms. The van der Waals surface area contributed by atoms with E-state index in [0.29, 0.717) is 11.1 Å². The fourth-order valence-electron chi connectivity index (χ4n) is 4.12. The number of rotatable bonds is 9. The van der Waals surface area contributed by atoms with Gasteiger partial charge in [0.15, 0.2) is 5.69 Å². The number of halogens is 1. The number of aromatic hydroxyl groups is 1. The minimum absolute atomic E-state index is 0.000455. The molecule has 4 rings (SSSR count). The summed E-state index contributed by atoms with van der Waals surface area (Å²) in [5.41, 5.74) is 5.22. The van der Waals surface area contributed by atoms with Crippen LogP contribution in [0.1, 0.15) is 34.0 Å². The van der Waals surface area contributed by atoms with Crippen LogP contribution in [0.5, 0.6) is 5.88 Å². The van der Waals surface area contributed by atoms with Gasteiger partial charge in [-0.05, 0) is 74.7 Å². The van der Waals surface area contributed by atoms with Crippen LogP contribution in [0.4, 0.5) is 29.0 Å². The molecule has 0 saturated heterocycles. The van der Waals surface area contributed by atoms with Crippen molar-refractivity contribution in [1.29, 1.82) is 0 Å². The molecule has 1 amide bonds. The number of amides is 1. The Kier molecular flexibility index (Phi) is 11.6. The van der Waals surface area contributed by atoms with E-state index in [-0.39, 0.29) is 56.8 Å². The number of nitrogens with zero attached hydrogens (tertiary/aromatic N) is 6. The topological polar surface area (TPSA) is 282 Å². The summed E-state index contributed by atoms with van der Waals surface area (Å²) in [6.45, 7) is 6.34. The number of carbonyl (C=O) groups is 1. The maximum atomic E-state index is 12.5. The quantitative estimate of drug-likeness (QED) is 0.106. The van der Waals surface area contributed by atoms with Gasteiger partial charge >= 0.3 is 0 Å². The van der Waals surface area contributed by atoms with Crippen LogP contribution in [0, 0.1) is 20.8 Å². The predicted molar refractivity (Wildman–Crippen MR) is 175 cm³/mol. The van der Waals surface area contributed by atoms with Gasteiger partial charge in [-0.15, -0.1) is 10.2 Å². The molecule has 7 N–H and O–H groups in total. The Labute approximate surface area is 279 Å². The molecule has 0 aliphatic heterocycles. The standard InChI is InChI=1S/C16H18N4O6S.C11H12ClN5O3S/c1-4-20-15(22)12(14(17)21)9(3)13(16(20)23)19-18-10-7-8(2)5-6-11(10)27(24,25)26;1-6-3-4-7(8(5-6)21(18,19)20)14-11-16-9(12)15-10(13-2)17-11/h5-7,22H,4H2,1-3H3,(H2,17,21)(H,24,25,26);3-5H,1-2H3,(H,18,19,20)(H2,13,14,15,16,17). The van der Waals surface area contributed by atoms with Crippen molar-refractivity contribution in [3.05, 3.63) is 74.3 Å². The van der Waals surface area contributed by atoms with E-state index in [1.165, 1.54) is 31.2 Å². The van der Waals surface area contributed by atoms with Gasteiger partial charge in [-0.1, -0.05) is 12.1 Å². The van der Waals surface area contributed by atoms with Crippen LogP contribution in [-0.2, 0) is 26.8 Å². The Morgan fingerprint density at radius 3 is 2.08 bits per heavy atom. The zero-order valence-electron chi connectivity index (χ0n) is 25.9. The molecule has 18 nitrogen and oxygen atoms in total. The minimum Gasteiger partial charge on any atom is -0.494 e. The van der Waals surface area contributed by atoms with Crippen molar-refractivity contribution < 1.29 is 35.8 Å². The summed E-state index contributed by atoms with van der Waals surface area (Å²) in [7, 11) is -7.35. The van der Waals surface area contributed by atoms with Gasteiger partial charge < -0.3 is 21.5 Å². The number of aromatic nitrogens is 4. The molecular formula is C27H30ClN9O9S2. The number of hydrogen-bond donors (Lipinski definition) is 6. The lowest BCUT2D eigenvalue weighted by Crippen LogP contribution is -2.25. The monoisotopic (exact) mass is 723 g/mol. The first-order valence-corrected chi connectivity index (χ1v) is 16.7. The first kappa shape index (κ1) is 37.4. The first-order valence-electron chi connectivity index (χ1n) is 13.5. The highest BCUT2D eigenvalue weighted by molar-refractivity contribution is 7.86. The highest BCUT2D eigenvalue weighted by Crippen LogP contribution is 2.30. The average molecular weight is 724 g/mol. The van der Waals surface area contributed by atoms with E-state index < -0.39 is 42.5 Å². The average Bonchev–Trinajstić information content (AvgIpc) is 2.97. The number of aryl methyl sites for hydroxylation is 2. The van der Waals surface area contributed by atoms with E-state index in [4.69, 9.17) is 17.3 Å². The normalized spacial score (nSPS) is 11.6. The van der Waals surface area contributed by atoms with E-state index >= 15 is 0 Å². The van der Waals surface area contributed by atoms with Crippen LogP contribution in [0.25, 0.3) is 0 Å². The van der Waals surface area contributed by atoms with Crippen molar-refractivity contribution in [2.45, 2.75) is 44.0 Å². The Balaban J connectivity index is 0.000000269. The highest BCUT2D eigenvalue weighted by atomic mass is 35.5. The fourth-order valence-corrected chi connectivity index (χ4v) is 5.62. The molecule has 0 fully saturated rings. The van der Waals surface area contributed by atoms with E-state index in [1.54, 1.807) is 33.9 Å². The van der Waals surface area contributed by atoms with Crippen molar-refractivity contribution in [2.24, 2.45) is 16.0 Å². The van der Waals surface area contributed by atoms with Crippen LogP contribution in [-0.4, -0.2) is 63.5 Å². The maximum Gasteiger partial charge on any atom is 0.296 e. The van der Waals surface area contributed by atoms with E-state index in [9.17, 15) is 40.6 Å². The lowest BCUT2D eigenvalue weighted by Gasteiger charge is -2.13. The summed E-state index contributed by atoms with van der Waals surface area (Å²) in [5, 5.41) is 23.0. The third-order valence-corrected chi connectivity index (χ3v) is 8.33. The maximum absolute atomic E-state index is 12.5. The van der Waals surface area contributed by atoms with Gasteiger partial charge in [-0.2, -0.15) is 31.8 Å². The molecule has 0 aliphatic rings. The molecule has 0 aliphatic carbocycles. The molecule has 0 atom stereocenters. The molecule has 0 unspecified atom stereocenters. The summed E-state index contributed by atoms with van der Waals surface area (Å²) in [6.07, 6.45) is 0. The number of hydrogen-bond acceptors (Lipinski definition) is 14. The second-order valence-corrected chi connectivity index (χ2v) is 13.0. The number of benzene rings is 2. The SMILES string of the molecule is CCn1c(O)c(C(N)=O)c(C)c(N=Nc2cc(C)ccc2S(=O)(=O)O)c1=O.CNc1nc(Cl)nc(Nc2ccc(C)cc2S(=O)(=O)O)n1. The molecule has 0 saturated carbocycles. The van der Waals surface area contributed by atoms with Crippen LogP contribution < -0.4 is 21.9 Å². The van der Waals surface area contributed by atoms with Crippen LogP contribution in [0.15, 0.2) is 61.2 Å². The van der Waals surface area contributed by atoms with E-state index in [1.807, 2.05) is 0 Å². The molecular weight excluding hydrogens is 694 g/mol. The smallest absolute Gasteiger partial charge is 0.296 e. The first-order chi connectivity index (χ1) is 22.3. The van der Waals surface area contributed by atoms with Crippen LogP contribution >= 0.6 is 11.6 Å². The third kappa shape index (κ3) is 8.86. The van der Waals surface area contributed by atoms with E-state index in [2.05, 4.69) is 35.8 Å². The van der Waals surface area contributed by atoms with Gasteiger partial charge in [0.2, 0.25) is 23.1 Å². The lowest BCUT2D eigenvalue weighted by molar-refractivity contribution is 0.0995. The van der Waals surface area contributed by atoms with Gasteiger partial charge in [0.1, 0.15) is 21.0 Å². The lowest BCUT2D eigenvalue weighted by atomic mass is 10.1. The number of primary amides is 1. The van der Waals surface area contributed by atoms with Crippen molar-refractivity contribution in [2.75, 3.05) is 17.7 Å². The fraction of sp³-hybridized carbons (Fsp3) is 0.222. The summed E-state index contributed by atoms with van der Waals surface area (Å²) >= 11 is 5.74. The Hall–Kier alpha value is -5.02. The van der Waals surface area contributed by atoms with Crippen LogP contribution in [0.3, 0.4) is 0 Å². The summed E-state index contributed by atoms with van der Waals surface area (Å²) in [5.74, 6) is -1.27. The highest BCUT2D eigenvalue weighted by Gasteiger charge is 2.23. The van der Waals surface area contributed by atoms with Crippen molar-refractivity contribution in [1.82, 2.24) is 19.5 Å². The molecule has 0 radical (unpaired) electrons. The van der Waals surface area contributed by atoms with Crippen molar-refractivity contribution in [3.63, 3.8) is 0 Å². The molecule has 256 valence electrons. The van der Waals surface area contributed by atoms with E-state index in [0.717, 1.165) is 10.6 Å². The van der Waals surface area contributed by atoms with Gasteiger partial charge in [0.25, 0.3) is 31.7 Å². The van der Waals surface area contributed by atoms with Crippen LogP contribution in [0.2, 0.25) is 5.28 Å². The Morgan fingerprint density at radius 1 is 0.938 bits per heavy atom. The van der Waals surface area contributed by atoms with Gasteiger partial charge in [0.05, 0.1) is 5.69 Å². The zero-order valence-corrected chi connectivity index (χ0v) is 28.3. The second kappa shape index (κ2) is 14.8. The molecule has 21 heteroatoms. The molecule has 2 aromatic heterocycles. The summed E-state index contributed by atoms with van der Waals surface area (Å²) in [4.78, 5) is 35.0. The van der Waals surface area contributed by atoms with Crippen molar-refractivity contribution in [3.8, 4) is 5.88 Å². The largest absolute Gasteiger partial charge is 0.494 e. The second-order valence-electron chi connectivity index (χ2n) is 9.83. The molecule has 4 aromatic rings. The Bertz CT molecular complexity index is 2210. The molecule has 0 spiro atoms. The van der Waals surface area contributed by atoms with Gasteiger partial charge in [0, 0.05) is 19.2 Å². The zero-order chi connectivity index (χ0) is 36.1. The molecule has 0 bridgehead atoms. The summed E-state index contributed by atoms with van der Waals surface area (Å²) in [6, 6.07) is 8.48. The van der Waals surface area contributed by atoms with Crippen molar-refractivity contribution >= 4 is 66.7 Å². The number of pyridine rings is 1. The Morgan fingerprint density at radius 2 is 1.52 bits per heavy atom. The number of anilines is 3. The van der Waals surface area contributed by atoms with Gasteiger partial charge in [-0.3, -0.25) is 23.3 Å². The number of nitrogens with two attached hydrogens (primary N) is 1. The number of nitrogens with one attached hydrogen (secondary N) is 2.